The van der Waals surface area contributed by atoms with Crippen LogP contribution in [-0.4, -0.2) is 24.1 Å². The number of nitrogens with zero attached hydrogens (tertiary/aromatic N) is 3. The van der Waals surface area contributed by atoms with Crippen LogP contribution in [0.5, 0.6) is 0 Å². The summed E-state index contributed by atoms with van der Waals surface area (Å²) < 4.78 is 0. The number of pyridine rings is 1. The van der Waals surface area contributed by atoms with E-state index in [-0.39, 0.29) is 0 Å². The fraction of sp³-hybridized carbons (Fsp3) is 0.368. The Hall–Kier alpha value is -2.54. The van der Waals surface area contributed by atoms with Gasteiger partial charge in [-0.25, -0.2) is 4.98 Å². The number of hydrogen-bond donors (Lipinski definition) is 1. The summed E-state index contributed by atoms with van der Waals surface area (Å²) in [4.78, 5) is 6.71. The summed E-state index contributed by atoms with van der Waals surface area (Å²) in [6, 6.07) is 12.8. The van der Waals surface area contributed by atoms with Crippen molar-refractivity contribution in [3.63, 3.8) is 0 Å². The summed E-state index contributed by atoms with van der Waals surface area (Å²) >= 11 is 0. The number of piperidine rings is 1. The Morgan fingerprint density at radius 3 is 2.78 bits per heavy atom. The Labute approximate surface area is 137 Å². The highest BCUT2D eigenvalue weighted by atomic mass is 15.2. The Morgan fingerprint density at radius 2 is 2.09 bits per heavy atom. The summed E-state index contributed by atoms with van der Waals surface area (Å²) in [5, 5.41) is 12.5. The molecule has 1 aromatic carbocycles. The minimum absolute atomic E-state index is 0.420. The van der Waals surface area contributed by atoms with Crippen molar-refractivity contribution in [1.29, 1.82) is 5.26 Å². The van der Waals surface area contributed by atoms with Crippen LogP contribution in [0.3, 0.4) is 0 Å². The molecular weight excluding hydrogens is 284 g/mol. The third-order valence-corrected chi connectivity index (χ3v) is 4.50. The maximum atomic E-state index is 8.87. The third kappa shape index (κ3) is 3.62. The number of anilines is 2. The topological polar surface area (TPSA) is 52.0 Å². The fourth-order valence-corrected chi connectivity index (χ4v) is 3.01. The van der Waals surface area contributed by atoms with Crippen molar-refractivity contribution in [1.82, 2.24) is 4.98 Å². The monoisotopic (exact) mass is 306 g/mol. The summed E-state index contributed by atoms with van der Waals surface area (Å²) in [6.45, 7) is 6.24. The van der Waals surface area contributed by atoms with Crippen LogP contribution in [0, 0.1) is 25.2 Å². The van der Waals surface area contributed by atoms with Gasteiger partial charge in [0.25, 0.3) is 0 Å². The highest BCUT2D eigenvalue weighted by molar-refractivity contribution is 5.50. The molecule has 2 aromatic rings. The number of rotatable bonds is 3. The molecule has 23 heavy (non-hydrogen) atoms. The van der Waals surface area contributed by atoms with Gasteiger partial charge in [0.15, 0.2) is 0 Å². The normalized spacial score (nSPS) is 17.6. The quantitative estimate of drug-likeness (QED) is 0.940. The van der Waals surface area contributed by atoms with E-state index < -0.39 is 0 Å². The van der Waals surface area contributed by atoms with E-state index in [4.69, 9.17) is 5.26 Å². The van der Waals surface area contributed by atoms with E-state index in [0.717, 1.165) is 25.3 Å². The average molecular weight is 306 g/mol. The van der Waals surface area contributed by atoms with Gasteiger partial charge in [0.1, 0.15) is 11.9 Å². The van der Waals surface area contributed by atoms with Gasteiger partial charge in [-0.05, 0) is 62.1 Å². The standard InChI is InChI=1S/C19H22N4/c1-14-5-7-17(10-15(14)2)22-18-4-3-9-23(13-18)19-8-6-16(11-20)12-21-19/h5-8,10,12,18,22H,3-4,9,13H2,1-2H3. The number of benzene rings is 1. The largest absolute Gasteiger partial charge is 0.381 e. The Bertz CT molecular complexity index is 715. The second kappa shape index (κ2) is 6.70. The summed E-state index contributed by atoms with van der Waals surface area (Å²) in [7, 11) is 0. The van der Waals surface area contributed by atoms with Crippen molar-refractivity contribution in [3.8, 4) is 6.07 Å². The molecule has 1 aliphatic heterocycles. The first-order valence-electron chi connectivity index (χ1n) is 8.10. The molecule has 1 aliphatic rings. The molecule has 1 aromatic heterocycles. The van der Waals surface area contributed by atoms with Crippen LogP contribution in [0.1, 0.15) is 29.5 Å². The van der Waals surface area contributed by atoms with Gasteiger partial charge in [-0.1, -0.05) is 6.07 Å². The predicted octanol–water partition coefficient (Wildman–Crippen LogP) is 3.65. The average Bonchev–Trinajstić information content (AvgIpc) is 2.58. The van der Waals surface area contributed by atoms with E-state index >= 15 is 0 Å². The van der Waals surface area contributed by atoms with Gasteiger partial charge in [0, 0.05) is 31.0 Å². The second-order valence-electron chi connectivity index (χ2n) is 6.25. The van der Waals surface area contributed by atoms with Crippen molar-refractivity contribution in [2.45, 2.75) is 32.7 Å². The lowest BCUT2D eigenvalue weighted by Crippen LogP contribution is -2.42. The smallest absolute Gasteiger partial charge is 0.128 e. The molecule has 4 nitrogen and oxygen atoms in total. The SMILES string of the molecule is Cc1ccc(NC2CCCN(c3ccc(C#N)cn3)C2)cc1C. The van der Waals surface area contributed by atoms with Crippen LogP contribution >= 0.6 is 0 Å². The predicted molar refractivity (Wildman–Crippen MR) is 93.7 cm³/mol. The molecule has 1 unspecified atom stereocenters. The zero-order valence-corrected chi connectivity index (χ0v) is 13.7. The maximum absolute atomic E-state index is 8.87. The van der Waals surface area contributed by atoms with Gasteiger partial charge in [-0.3, -0.25) is 0 Å². The van der Waals surface area contributed by atoms with Crippen LogP contribution in [0.15, 0.2) is 36.5 Å². The van der Waals surface area contributed by atoms with E-state index in [1.807, 2.05) is 12.1 Å². The highest BCUT2D eigenvalue weighted by Crippen LogP contribution is 2.22. The van der Waals surface area contributed by atoms with Crippen LogP contribution in [0.2, 0.25) is 0 Å². The van der Waals surface area contributed by atoms with Gasteiger partial charge in [0.2, 0.25) is 0 Å². The zero-order chi connectivity index (χ0) is 16.2. The van der Waals surface area contributed by atoms with E-state index in [2.05, 4.69) is 53.3 Å². The molecule has 1 saturated heterocycles. The van der Waals surface area contributed by atoms with Gasteiger partial charge < -0.3 is 10.2 Å². The molecule has 0 amide bonds. The summed E-state index contributed by atoms with van der Waals surface area (Å²) in [5.74, 6) is 0.954. The molecule has 0 radical (unpaired) electrons. The van der Waals surface area contributed by atoms with Gasteiger partial charge in [-0.2, -0.15) is 5.26 Å². The van der Waals surface area contributed by atoms with E-state index in [1.165, 1.54) is 23.2 Å². The molecule has 1 N–H and O–H groups in total. The van der Waals surface area contributed by atoms with Crippen molar-refractivity contribution in [3.05, 3.63) is 53.2 Å². The van der Waals surface area contributed by atoms with Crippen molar-refractivity contribution in [2.75, 3.05) is 23.3 Å². The number of nitriles is 1. The lowest BCUT2D eigenvalue weighted by molar-refractivity contribution is 0.527. The Morgan fingerprint density at radius 1 is 1.22 bits per heavy atom. The molecule has 1 atom stereocenters. The van der Waals surface area contributed by atoms with Crippen LogP contribution in [0.4, 0.5) is 11.5 Å². The van der Waals surface area contributed by atoms with Crippen LogP contribution in [0.25, 0.3) is 0 Å². The molecule has 0 saturated carbocycles. The second-order valence-corrected chi connectivity index (χ2v) is 6.25. The highest BCUT2D eigenvalue weighted by Gasteiger charge is 2.20. The number of nitrogens with one attached hydrogen (secondary N) is 1. The molecule has 2 heterocycles. The van der Waals surface area contributed by atoms with Crippen LogP contribution in [-0.2, 0) is 0 Å². The van der Waals surface area contributed by atoms with Gasteiger partial charge in [-0.15, -0.1) is 0 Å². The summed E-state index contributed by atoms with van der Waals surface area (Å²) in [5.41, 5.74) is 4.43. The van der Waals surface area contributed by atoms with E-state index in [9.17, 15) is 0 Å². The van der Waals surface area contributed by atoms with Crippen LogP contribution < -0.4 is 10.2 Å². The number of aromatic nitrogens is 1. The minimum atomic E-state index is 0.420. The van der Waals surface area contributed by atoms with Gasteiger partial charge >= 0.3 is 0 Å². The molecule has 1 fully saturated rings. The molecule has 4 heteroatoms. The molecule has 0 aliphatic carbocycles. The molecular formula is C19H22N4. The van der Waals surface area contributed by atoms with E-state index in [1.54, 1.807) is 6.20 Å². The number of aryl methyl sites for hydroxylation is 2. The lowest BCUT2D eigenvalue weighted by Gasteiger charge is -2.34. The molecule has 0 spiro atoms. The maximum Gasteiger partial charge on any atom is 0.128 e. The molecule has 118 valence electrons. The van der Waals surface area contributed by atoms with Gasteiger partial charge in [0.05, 0.1) is 5.56 Å². The van der Waals surface area contributed by atoms with Crippen molar-refractivity contribution >= 4 is 11.5 Å². The lowest BCUT2D eigenvalue weighted by atomic mass is 10.0. The zero-order valence-electron chi connectivity index (χ0n) is 13.7. The fourth-order valence-electron chi connectivity index (χ4n) is 3.01. The Balaban J connectivity index is 1.67. The Kier molecular flexibility index (Phi) is 4.47. The third-order valence-electron chi connectivity index (χ3n) is 4.50. The van der Waals surface area contributed by atoms with Crippen molar-refractivity contribution in [2.24, 2.45) is 0 Å². The van der Waals surface area contributed by atoms with Crippen molar-refractivity contribution < 1.29 is 0 Å². The number of hydrogen-bond acceptors (Lipinski definition) is 4. The first-order valence-corrected chi connectivity index (χ1v) is 8.10. The first kappa shape index (κ1) is 15.4. The van der Waals surface area contributed by atoms with E-state index in [0.29, 0.717) is 11.6 Å². The summed E-state index contributed by atoms with van der Waals surface area (Å²) in [6.07, 6.45) is 3.96. The minimum Gasteiger partial charge on any atom is -0.381 e. The molecule has 0 bridgehead atoms. The molecule has 3 rings (SSSR count). The first-order chi connectivity index (χ1) is 11.2.